The number of fused-ring (bicyclic) bond motifs is 3. The summed E-state index contributed by atoms with van der Waals surface area (Å²) in [4.78, 5) is 0. The van der Waals surface area contributed by atoms with E-state index < -0.39 is 74.3 Å². The number of ether oxygens (including phenoxy) is 14. The number of methoxy groups -OCH3 is 4. The first-order chi connectivity index (χ1) is 39.8. The Labute approximate surface area is 471 Å². The highest BCUT2D eigenvalue weighted by atomic mass is 16.8. The molecule has 81 heavy (non-hydrogen) atoms. The van der Waals surface area contributed by atoms with Crippen LogP contribution in [0.1, 0.15) is 39.7 Å². The molecule has 0 amide bonds. The number of aliphatic hydroxyl groups excluding tert-OH is 1. The van der Waals surface area contributed by atoms with Gasteiger partial charge in [-0.3, -0.25) is 0 Å². The second-order valence-corrected chi connectivity index (χ2v) is 20.2. The molecule has 8 aromatic carbocycles. The van der Waals surface area contributed by atoms with Crippen LogP contribution in [0, 0.1) is 0 Å². The van der Waals surface area contributed by atoms with Crippen LogP contribution in [0.3, 0.4) is 0 Å². The third kappa shape index (κ3) is 13.5. The predicted octanol–water partition coefficient (Wildman–Crippen LogP) is 10.8. The fraction of sp³-hybridized carbons (Fsp3) is 0.333. The number of benzene rings is 8. The second kappa shape index (κ2) is 26.7. The highest BCUT2D eigenvalue weighted by molar-refractivity contribution is 5.83. The summed E-state index contributed by atoms with van der Waals surface area (Å²) in [5.74, 6) is 2.83. The first-order valence-corrected chi connectivity index (χ1v) is 27.3. The summed E-state index contributed by atoms with van der Waals surface area (Å²) in [5.41, 5.74) is 5.24. The van der Waals surface area contributed by atoms with Crippen molar-refractivity contribution in [3.63, 3.8) is 0 Å². The van der Waals surface area contributed by atoms with Crippen molar-refractivity contribution >= 4 is 21.5 Å². The molecule has 0 radical (unpaired) electrons. The highest BCUT2D eigenvalue weighted by Gasteiger charge is 2.55. The van der Waals surface area contributed by atoms with E-state index in [1.807, 2.05) is 133 Å². The van der Waals surface area contributed by atoms with Crippen LogP contribution in [0.25, 0.3) is 21.5 Å². The summed E-state index contributed by atoms with van der Waals surface area (Å²) in [6, 6.07) is 59.3. The predicted molar refractivity (Wildman–Crippen MR) is 302 cm³/mol. The minimum absolute atomic E-state index is 0.112. The van der Waals surface area contributed by atoms with Gasteiger partial charge in [0.1, 0.15) is 71.8 Å². The average molecular weight is 1100 g/mol. The van der Waals surface area contributed by atoms with Gasteiger partial charge < -0.3 is 71.4 Å². The summed E-state index contributed by atoms with van der Waals surface area (Å²) in [7, 11) is 6.52. The van der Waals surface area contributed by atoms with Gasteiger partial charge in [0.25, 0.3) is 0 Å². The van der Waals surface area contributed by atoms with Gasteiger partial charge in [-0.15, -0.1) is 0 Å². The molecule has 15 nitrogen and oxygen atoms in total. The Morgan fingerprint density at radius 3 is 1.31 bits per heavy atom. The monoisotopic (exact) mass is 1100 g/mol. The maximum Gasteiger partial charge on any atom is 0.190 e. The van der Waals surface area contributed by atoms with E-state index in [2.05, 4.69) is 48.5 Å². The van der Waals surface area contributed by atoms with Gasteiger partial charge >= 0.3 is 0 Å². The van der Waals surface area contributed by atoms with Crippen molar-refractivity contribution < 1.29 is 71.4 Å². The van der Waals surface area contributed by atoms with E-state index in [1.54, 1.807) is 28.4 Å². The molecule has 3 heterocycles. The van der Waals surface area contributed by atoms with Crippen LogP contribution < -0.4 is 18.9 Å². The zero-order chi connectivity index (χ0) is 55.5. The lowest BCUT2D eigenvalue weighted by atomic mass is 9.96. The minimum atomic E-state index is -1.26. The molecule has 0 saturated carbocycles. The average Bonchev–Trinajstić information content (AvgIpc) is 3.64. The molecule has 3 fully saturated rings. The molecule has 0 aromatic heterocycles. The van der Waals surface area contributed by atoms with E-state index in [4.69, 9.17) is 66.3 Å². The fourth-order valence-corrected chi connectivity index (χ4v) is 10.6. The first kappa shape index (κ1) is 55.9. The van der Waals surface area contributed by atoms with E-state index >= 15 is 0 Å². The summed E-state index contributed by atoms with van der Waals surface area (Å²) < 4.78 is 91.7. The van der Waals surface area contributed by atoms with Crippen molar-refractivity contribution in [2.45, 2.75) is 101 Å². The molecule has 422 valence electrons. The van der Waals surface area contributed by atoms with Gasteiger partial charge in [0, 0.05) is 5.56 Å². The Balaban J connectivity index is 0.958. The molecular weight excluding hydrogens is 1030 g/mol. The Bertz CT molecular complexity index is 3130. The van der Waals surface area contributed by atoms with Crippen LogP contribution in [0.2, 0.25) is 0 Å². The lowest BCUT2D eigenvalue weighted by Crippen LogP contribution is -2.66. The molecule has 8 aromatic rings. The van der Waals surface area contributed by atoms with Gasteiger partial charge in [-0.25, -0.2) is 0 Å². The van der Waals surface area contributed by atoms with Crippen molar-refractivity contribution in [3.05, 3.63) is 215 Å². The van der Waals surface area contributed by atoms with Crippen molar-refractivity contribution in [1.82, 2.24) is 0 Å². The van der Waals surface area contributed by atoms with E-state index in [0.717, 1.165) is 60.7 Å². The molecule has 0 aliphatic carbocycles. The van der Waals surface area contributed by atoms with E-state index in [1.165, 1.54) is 0 Å². The van der Waals surface area contributed by atoms with Gasteiger partial charge in [0.2, 0.25) is 0 Å². The zero-order valence-electron chi connectivity index (χ0n) is 45.8. The minimum Gasteiger partial charge on any atom is -0.497 e. The van der Waals surface area contributed by atoms with Gasteiger partial charge in [-0.1, -0.05) is 121 Å². The standard InChI is InChI=1S/C66H68O15/c1-68-52-25-14-42(15-26-52)36-73-60-58(72-40-46-13-22-47-9-5-7-11-49(47)33-46)56(35-67)78-65(62(60)75-38-44-18-29-54(70-3)30-19-44)81-66-63(76-39-45-20-31-55(71-4)32-21-45)61(74-37-43-16-27-53(69-2)28-17-43)59-57(79-66)41-77-64(80-59)51-24-23-48-10-6-8-12-50(48)34-51/h5-34,56-67H,35-41H2,1-4H3/t56-,57-,58-,59-,60+,61+,62-,63-,64-,65-,66-/m1/s1. The third-order valence-electron chi connectivity index (χ3n) is 15.0. The fourth-order valence-electron chi connectivity index (χ4n) is 10.6. The first-order valence-electron chi connectivity index (χ1n) is 27.3. The van der Waals surface area contributed by atoms with Gasteiger partial charge in [0.15, 0.2) is 18.9 Å². The van der Waals surface area contributed by atoms with Gasteiger partial charge in [0.05, 0.1) is 74.7 Å². The molecule has 3 aliphatic rings. The zero-order valence-corrected chi connectivity index (χ0v) is 45.8. The van der Waals surface area contributed by atoms with Crippen molar-refractivity contribution in [1.29, 1.82) is 0 Å². The third-order valence-corrected chi connectivity index (χ3v) is 15.0. The van der Waals surface area contributed by atoms with Gasteiger partial charge in [-0.05, 0) is 110 Å². The Kier molecular flexibility index (Phi) is 18.5. The topological polar surface area (TPSA) is 149 Å². The second-order valence-electron chi connectivity index (χ2n) is 20.2. The SMILES string of the molecule is COc1ccc(CO[C@@H]2[C@@H](OCc3ccc(OC)cc3)[C@@H](O[C@H]3O[C@@H]4CO[C@@H](c5ccc6ccccc6c5)O[C@H]4[C@H](OCc4ccc(OC)cc4)[C@H]3OCc3ccc(OC)cc3)O[C@H](CO)[C@H]2OCc2ccc3ccccc3c2)cc1. The number of hydrogen-bond donors (Lipinski definition) is 1. The van der Waals surface area contributed by atoms with E-state index in [9.17, 15) is 5.11 Å². The van der Waals surface area contributed by atoms with Crippen LogP contribution in [0.5, 0.6) is 23.0 Å². The Morgan fingerprint density at radius 2 is 0.802 bits per heavy atom. The lowest BCUT2D eigenvalue weighted by molar-refractivity contribution is -0.411. The van der Waals surface area contributed by atoms with E-state index in [-0.39, 0.29) is 39.6 Å². The Hall–Kier alpha value is -6.96. The van der Waals surface area contributed by atoms with Crippen molar-refractivity contribution in [2.24, 2.45) is 0 Å². The van der Waals surface area contributed by atoms with Crippen LogP contribution in [0.15, 0.2) is 182 Å². The molecule has 11 atom stereocenters. The van der Waals surface area contributed by atoms with Crippen molar-refractivity contribution in [2.75, 3.05) is 41.7 Å². The summed E-state index contributed by atoms with van der Waals surface area (Å²) in [6.07, 6.45) is -10.2. The molecule has 0 spiro atoms. The van der Waals surface area contributed by atoms with Crippen LogP contribution in [0.4, 0.5) is 0 Å². The highest BCUT2D eigenvalue weighted by Crippen LogP contribution is 2.41. The maximum atomic E-state index is 11.4. The smallest absolute Gasteiger partial charge is 0.190 e. The van der Waals surface area contributed by atoms with E-state index in [0.29, 0.717) is 17.2 Å². The van der Waals surface area contributed by atoms with Crippen molar-refractivity contribution in [3.8, 4) is 23.0 Å². The molecule has 0 unspecified atom stereocenters. The summed E-state index contributed by atoms with van der Waals surface area (Å²) in [5, 5.41) is 15.7. The molecular formula is C66H68O15. The quantitative estimate of drug-likeness (QED) is 0.0647. The summed E-state index contributed by atoms with van der Waals surface area (Å²) in [6.45, 7) is 0.408. The lowest BCUT2D eigenvalue weighted by Gasteiger charge is -2.51. The normalized spacial score (nSPS) is 24.6. The molecule has 3 saturated heterocycles. The number of hydrogen-bond acceptors (Lipinski definition) is 15. The largest absolute Gasteiger partial charge is 0.497 e. The molecule has 15 heteroatoms. The molecule has 3 aliphatic heterocycles. The van der Waals surface area contributed by atoms with Gasteiger partial charge in [-0.2, -0.15) is 0 Å². The maximum absolute atomic E-state index is 11.4. The number of aliphatic hydroxyl groups is 1. The summed E-state index contributed by atoms with van der Waals surface area (Å²) >= 11 is 0. The number of rotatable bonds is 23. The van der Waals surface area contributed by atoms with Crippen LogP contribution in [-0.2, 0) is 80.4 Å². The Morgan fingerprint density at radius 1 is 0.395 bits per heavy atom. The molecule has 0 bridgehead atoms. The molecule has 1 N–H and O–H groups in total. The van der Waals surface area contributed by atoms with Crippen LogP contribution >= 0.6 is 0 Å². The molecule has 11 rings (SSSR count). The van der Waals surface area contributed by atoms with Crippen LogP contribution in [-0.4, -0.2) is 108 Å².